The molecule has 0 saturated carbocycles. The van der Waals surface area contributed by atoms with Crippen LogP contribution in [-0.2, 0) is 4.74 Å². The quantitative estimate of drug-likeness (QED) is 0.802. The van der Waals surface area contributed by atoms with Gasteiger partial charge in [-0.25, -0.2) is 4.98 Å². The van der Waals surface area contributed by atoms with Crippen molar-refractivity contribution in [3.63, 3.8) is 0 Å². The molecule has 1 aliphatic heterocycles. The smallest absolute Gasteiger partial charge is 0.124 e. The Morgan fingerprint density at radius 2 is 2.00 bits per heavy atom. The normalized spacial score (nSPS) is 16.4. The summed E-state index contributed by atoms with van der Waals surface area (Å²) in [6.07, 6.45) is 0. The van der Waals surface area contributed by atoms with Gasteiger partial charge in [-0.2, -0.15) is 0 Å². The zero-order valence-corrected chi connectivity index (χ0v) is 10.5. The van der Waals surface area contributed by atoms with Crippen LogP contribution in [0.5, 0.6) is 5.75 Å². The number of pyridine rings is 1. The molecular formula is C9H9Br2NO2. The highest BCUT2D eigenvalue weighted by Gasteiger charge is 2.18. The van der Waals surface area contributed by atoms with Gasteiger partial charge >= 0.3 is 0 Å². The summed E-state index contributed by atoms with van der Waals surface area (Å²) in [4.78, 5) is 4.12. The molecule has 0 spiro atoms. The molecule has 0 radical (unpaired) electrons. The van der Waals surface area contributed by atoms with Crippen LogP contribution in [0.2, 0.25) is 0 Å². The largest absolute Gasteiger partial charge is 0.493 e. The van der Waals surface area contributed by atoms with Crippen LogP contribution in [0.15, 0.2) is 21.3 Å². The summed E-state index contributed by atoms with van der Waals surface area (Å²) < 4.78 is 12.2. The maximum atomic E-state index is 5.59. The summed E-state index contributed by atoms with van der Waals surface area (Å²) in [6.45, 7) is 2.34. The second kappa shape index (κ2) is 4.59. The van der Waals surface area contributed by atoms with E-state index in [2.05, 4.69) is 36.8 Å². The summed E-state index contributed by atoms with van der Waals surface area (Å²) in [5.74, 6) is 1.37. The van der Waals surface area contributed by atoms with Gasteiger partial charge < -0.3 is 9.47 Å². The van der Waals surface area contributed by atoms with Gasteiger partial charge in [-0.1, -0.05) is 0 Å². The number of hydrogen-bond donors (Lipinski definition) is 0. The lowest BCUT2D eigenvalue weighted by Gasteiger charge is -2.25. The first-order chi connectivity index (χ1) is 6.74. The van der Waals surface area contributed by atoms with Crippen molar-refractivity contribution in [3.05, 3.63) is 21.3 Å². The molecule has 3 nitrogen and oxygen atoms in total. The standard InChI is InChI=1S/C9H9Br2NO2/c10-8-1-7(2-9(11)12-8)14-5-6-3-13-4-6/h1-2,6H,3-5H2. The van der Waals surface area contributed by atoms with Crippen molar-refractivity contribution in [1.29, 1.82) is 0 Å². The first-order valence-electron chi connectivity index (χ1n) is 4.27. The molecule has 0 bridgehead atoms. The van der Waals surface area contributed by atoms with Crippen LogP contribution in [-0.4, -0.2) is 24.8 Å². The Hall–Kier alpha value is -0.130. The minimum atomic E-state index is 0.542. The van der Waals surface area contributed by atoms with Crippen LogP contribution in [0.3, 0.4) is 0 Å². The van der Waals surface area contributed by atoms with Crippen molar-refractivity contribution in [2.45, 2.75) is 0 Å². The third kappa shape index (κ3) is 2.68. The molecule has 2 heterocycles. The molecule has 1 saturated heterocycles. The maximum Gasteiger partial charge on any atom is 0.124 e. The number of hydrogen-bond acceptors (Lipinski definition) is 3. The van der Waals surface area contributed by atoms with E-state index in [-0.39, 0.29) is 0 Å². The van der Waals surface area contributed by atoms with Crippen LogP contribution in [0.1, 0.15) is 0 Å². The minimum Gasteiger partial charge on any atom is -0.493 e. The fourth-order valence-corrected chi connectivity index (χ4v) is 2.19. The molecule has 1 aliphatic rings. The number of aromatic nitrogens is 1. The van der Waals surface area contributed by atoms with Gasteiger partial charge in [0.15, 0.2) is 0 Å². The molecule has 76 valence electrons. The van der Waals surface area contributed by atoms with E-state index >= 15 is 0 Å². The molecule has 14 heavy (non-hydrogen) atoms. The number of rotatable bonds is 3. The molecule has 1 aromatic heterocycles. The fourth-order valence-electron chi connectivity index (χ4n) is 1.12. The van der Waals surface area contributed by atoms with Gasteiger partial charge in [-0.3, -0.25) is 0 Å². The molecule has 5 heteroatoms. The van der Waals surface area contributed by atoms with E-state index in [0.29, 0.717) is 12.5 Å². The highest BCUT2D eigenvalue weighted by molar-refractivity contribution is 9.11. The highest BCUT2D eigenvalue weighted by atomic mass is 79.9. The molecule has 2 rings (SSSR count). The molecule has 0 amide bonds. The van der Waals surface area contributed by atoms with Crippen molar-refractivity contribution in [3.8, 4) is 5.75 Å². The Balaban J connectivity index is 1.94. The molecule has 0 aromatic carbocycles. The summed E-state index contributed by atoms with van der Waals surface area (Å²) in [6, 6.07) is 3.70. The van der Waals surface area contributed by atoms with Crippen molar-refractivity contribution >= 4 is 31.9 Å². The Bertz CT molecular complexity index is 308. The number of ether oxygens (including phenoxy) is 2. The Kier molecular flexibility index (Phi) is 3.41. The number of halogens is 2. The summed E-state index contributed by atoms with van der Waals surface area (Å²) in [7, 11) is 0. The number of nitrogens with zero attached hydrogens (tertiary/aromatic N) is 1. The lowest BCUT2D eigenvalue weighted by Crippen LogP contribution is -2.32. The average Bonchev–Trinajstić information content (AvgIpc) is 1.99. The van der Waals surface area contributed by atoms with Crippen LogP contribution in [0, 0.1) is 5.92 Å². The Morgan fingerprint density at radius 1 is 1.36 bits per heavy atom. The average molecular weight is 323 g/mol. The van der Waals surface area contributed by atoms with Crippen molar-refractivity contribution in [1.82, 2.24) is 4.98 Å². The van der Waals surface area contributed by atoms with Crippen molar-refractivity contribution in [2.24, 2.45) is 5.92 Å². The SMILES string of the molecule is Brc1cc(OCC2COC2)cc(Br)n1. The van der Waals surface area contributed by atoms with E-state index in [1.165, 1.54) is 0 Å². The van der Waals surface area contributed by atoms with Gasteiger partial charge in [-0.15, -0.1) is 0 Å². The topological polar surface area (TPSA) is 31.4 Å². The Morgan fingerprint density at radius 3 is 2.50 bits per heavy atom. The second-order valence-corrected chi connectivity index (χ2v) is 4.79. The van der Waals surface area contributed by atoms with E-state index in [0.717, 1.165) is 28.2 Å². The van der Waals surface area contributed by atoms with Gasteiger partial charge in [0.05, 0.1) is 19.8 Å². The van der Waals surface area contributed by atoms with E-state index in [9.17, 15) is 0 Å². The highest BCUT2D eigenvalue weighted by Crippen LogP contribution is 2.22. The third-order valence-electron chi connectivity index (χ3n) is 1.93. The summed E-state index contributed by atoms with van der Waals surface area (Å²) in [5, 5.41) is 0. The molecule has 0 unspecified atom stereocenters. The van der Waals surface area contributed by atoms with Crippen LogP contribution >= 0.6 is 31.9 Å². The zero-order chi connectivity index (χ0) is 9.97. The van der Waals surface area contributed by atoms with Gasteiger partial charge in [-0.05, 0) is 31.9 Å². The fraction of sp³-hybridized carbons (Fsp3) is 0.444. The van der Waals surface area contributed by atoms with E-state index in [1.54, 1.807) is 0 Å². The Labute approximate surface area is 99.1 Å². The van der Waals surface area contributed by atoms with Crippen molar-refractivity contribution < 1.29 is 9.47 Å². The molecule has 0 N–H and O–H groups in total. The van der Waals surface area contributed by atoms with Crippen LogP contribution in [0.25, 0.3) is 0 Å². The van der Waals surface area contributed by atoms with Gasteiger partial charge in [0, 0.05) is 18.1 Å². The molecule has 1 fully saturated rings. The first-order valence-corrected chi connectivity index (χ1v) is 5.86. The molecule has 0 atom stereocenters. The molecular weight excluding hydrogens is 314 g/mol. The minimum absolute atomic E-state index is 0.542. The van der Waals surface area contributed by atoms with Crippen LogP contribution < -0.4 is 4.74 Å². The molecule has 1 aromatic rings. The summed E-state index contributed by atoms with van der Waals surface area (Å²) >= 11 is 6.61. The molecule has 0 aliphatic carbocycles. The van der Waals surface area contributed by atoms with Crippen LogP contribution in [0.4, 0.5) is 0 Å². The van der Waals surface area contributed by atoms with E-state index in [4.69, 9.17) is 9.47 Å². The predicted octanol–water partition coefficient (Wildman–Crippen LogP) is 2.63. The lowest BCUT2D eigenvalue weighted by atomic mass is 10.1. The second-order valence-electron chi connectivity index (χ2n) is 3.16. The van der Waals surface area contributed by atoms with Gasteiger partial charge in [0.1, 0.15) is 15.0 Å². The monoisotopic (exact) mass is 321 g/mol. The zero-order valence-electron chi connectivity index (χ0n) is 7.37. The first kappa shape index (κ1) is 10.4. The van der Waals surface area contributed by atoms with Crippen molar-refractivity contribution in [2.75, 3.05) is 19.8 Å². The third-order valence-corrected chi connectivity index (χ3v) is 2.74. The van der Waals surface area contributed by atoms with Gasteiger partial charge in [0.25, 0.3) is 0 Å². The maximum absolute atomic E-state index is 5.59. The predicted molar refractivity (Wildman–Crippen MR) is 59.4 cm³/mol. The van der Waals surface area contributed by atoms with Gasteiger partial charge in [0.2, 0.25) is 0 Å². The van der Waals surface area contributed by atoms with E-state index in [1.807, 2.05) is 12.1 Å². The van der Waals surface area contributed by atoms with E-state index < -0.39 is 0 Å². The lowest BCUT2D eigenvalue weighted by molar-refractivity contribution is -0.0508. The summed E-state index contributed by atoms with van der Waals surface area (Å²) in [5.41, 5.74) is 0.